The van der Waals surface area contributed by atoms with Crippen molar-refractivity contribution in [3.63, 3.8) is 0 Å². The number of aromatic carboxylic acids is 1. The highest BCUT2D eigenvalue weighted by molar-refractivity contribution is 5.87. The number of carboxylic acids is 1. The Morgan fingerprint density at radius 1 is 0.893 bits per heavy atom. The van der Waals surface area contributed by atoms with Gasteiger partial charge >= 0.3 is 5.97 Å². The average molecular weight is 398 g/mol. The summed E-state index contributed by atoms with van der Waals surface area (Å²) in [5.41, 5.74) is 4.88. The first-order chi connectivity index (χ1) is 13.1. The quantitative estimate of drug-likeness (QED) is 0.562. The molecule has 0 saturated carbocycles. The van der Waals surface area contributed by atoms with E-state index in [9.17, 15) is 4.79 Å². The van der Waals surface area contributed by atoms with Crippen molar-refractivity contribution in [1.82, 2.24) is 5.32 Å². The van der Waals surface area contributed by atoms with E-state index < -0.39 is 5.97 Å². The highest BCUT2D eigenvalue weighted by Crippen LogP contribution is 2.16. The van der Waals surface area contributed by atoms with Gasteiger partial charge in [-0.25, -0.2) is 4.79 Å². The zero-order valence-corrected chi connectivity index (χ0v) is 16.5. The smallest absolute Gasteiger partial charge is 0.335 e. The Labute approximate surface area is 171 Å². The van der Waals surface area contributed by atoms with Crippen molar-refractivity contribution < 1.29 is 14.6 Å². The third-order valence-electron chi connectivity index (χ3n) is 4.28. The molecule has 0 saturated heterocycles. The third-order valence-corrected chi connectivity index (χ3v) is 4.28. The summed E-state index contributed by atoms with van der Waals surface area (Å²) in [6.07, 6.45) is 0. The minimum absolute atomic E-state index is 0. The van der Waals surface area contributed by atoms with E-state index in [0.29, 0.717) is 25.3 Å². The summed E-state index contributed by atoms with van der Waals surface area (Å²) in [7, 11) is 0. The van der Waals surface area contributed by atoms with Gasteiger partial charge in [0, 0.05) is 13.1 Å². The summed E-state index contributed by atoms with van der Waals surface area (Å²) in [4.78, 5) is 10.9. The van der Waals surface area contributed by atoms with Crippen molar-refractivity contribution >= 4 is 18.4 Å². The van der Waals surface area contributed by atoms with E-state index >= 15 is 0 Å². The fraction of sp³-hybridized carbons (Fsp3) is 0.174. The van der Waals surface area contributed by atoms with Gasteiger partial charge in [-0.1, -0.05) is 54.1 Å². The monoisotopic (exact) mass is 397 g/mol. The number of carbonyl (C=O) groups is 1. The summed E-state index contributed by atoms with van der Waals surface area (Å²) in [6, 6.07) is 23.3. The first-order valence-corrected chi connectivity index (χ1v) is 8.90. The van der Waals surface area contributed by atoms with Crippen LogP contribution in [0.2, 0.25) is 0 Å². The molecule has 0 aromatic heterocycles. The zero-order valence-electron chi connectivity index (χ0n) is 15.7. The summed E-state index contributed by atoms with van der Waals surface area (Å²) >= 11 is 0. The summed E-state index contributed by atoms with van der Waals surface area (Å²) in [5.74, 6) is -0.0577. The molecule has 0 bridgehead atoms. The highest BCUT2D eigenvalue weighted by Gasteiger charge is 2.02. The molecule has 3 rings (SSSR count). The van der Waals surface area contributed by atoms with E-state index in [0.717, 1.165) is 22.4 Å². The fourth-order valence-corrected chi connectivity index (χ4v) is 2.71. The maximum Gasteiger partial charge on any atom is 0.335 e. The van der Waals surface area contributed by atoms with Crippen LogP contribution >= 0.6 is 12.4 Å². The van der Waals surface area contributed by atoms with Gasteiger partial charge in [0.05, 0.1) is 5.56 Å². The molecule has 0 radical (unpaired) electrons. The van der Waals surface area contributed by atoms with Crippen molar-refractivity contribution in [3.8, 4) is 5.75 Å². The normalized spacial score (nSPS) is 10.2. The Bertz CT molecular complexity index is 892. The molecule has 4 nitrogen and oxygen atoms in total. The molecule has 0 aliphatic carbocycles. The van der Waals surface area contributed by atoms with Crippen LogP contribution in [0.1, 0.15) is 32.6 Å². The molecule has 0 spiro atoms. The Kier molecular flexibility index (Phi) is 8.05. The molecule has 0 aliphatic rings. The maximum atomic E-state index is 10.9. The molecule has 0 amide bonds. The van der Waals surface area contributed by atoms with Crippen LogP contribution in [0, 0.1) is 6.92 Å². The van der Waals surface area contributed by atoms with Crippen LogP contribution in [0.25, 0.3) is 0 Å². The summed E-state index contributed by atoms with van der Waals surface area (Å²) in [6.45, 7) is 4.01. The van der Waals surface area contributed by atoms with E-state index in [-0.39, 0.29) is 12.4 Å². The fourth-order valence-electron chi connectivity index (χ4n) is 2.71. The molecule has 0 aliphatic heterocycles. The van der Waals surface area contributed by atoms with Crippen molar-refractivity contribution in [2.75, 3.05) is 0 Å². The van der Waals surface area contributed by atoms with E-state index in [2.05, 4.69) is 42.6 Å². The molecule has 146 valence electrons. The van der Waals surface area contributed by atoms with Gasteiger partial charge in [0.1, 0.15) is 12.4 Å². The summed E-state index contributed by atoms with van der Waals surface area (Å²) < 4.78 is 5.89. The Morgan fingerprint density at radius 3 is 2.21 bits per heavy atom. The van der Waals surface area contributed by atoms with Crippen LogP contribution in [-0.4, -0.2) is 11.1 Å². The minimum Gasteiger partial charge on any atom is -0.489 e. The van der Waals surface area contributed by atoms with Crippen LogP contribution in [0.5, 0.6) is 5.75 Å². The van der Waals surface area contributed by atoms with Crippen LogP contribution < -0.4 is 10.1 Å². The van der Waals surface area contributed by atoms with Gasteiger partial charge < -0.3 is 15.2 Å². The molecule has 0 unspecified atom stereocenters. The zero-order chi connectivity index (χ0) is 19.1. The van der Waals surface area contributed by atoms with Gasteiger partial charge in [-0.15, -0.1) is 12.4 Å². The molecule has 5 heteroatoms. The second kappa shape index (κ2) is 10.5. The maximum absolute atomic E-state index is 10.9. The number of halogens is 1. The second-order valence-corrected chi connectivity index (χ2v) is 6.53. The van der Waals surface area contributed by atoms with Crippen LogP contribution in [-0.2, 0) is 19.7 Å². The minimum atomic E-state index is -0.906. The van der Waals surface area contributed by atoms with Crippen LogP contribution in [0.3, 0.4) is 0 Å². The van der Waals surface area contributed by atoms with Crippen molar-refractivity contribution in [1.29, 1.82) is 0 Å². The van der Waals surface area contributed by atoms with Gasteiger partial charge in [-0.3, -0.25) is 0 Å². The van der Waals surface area contributed by atoms with Gasteiger partial charge in [0.15, 0.2) is 0 Å². The molecule has 2 N–H and O–H groups in total. The van der Waals surface area contributed by atoms with E-state index in [1.165, 1.54) is 5.56 Å². The van der Waals surface area contributed by atoms with Crippen molar-refractivity contribution in [3.05, 3.63) is 101 Å². The molecule has 3 aromatic rings. The lowest BCUT2D eigenvalue weighted by molar-refractivity contribution is 0.0697. The van der Waals surface area contributed by atoms with E-state index in [1.807, 2.05) is 30.3 Å². The molecule has 0 atom stereocenters. The lowest BCUT2D eigenvalue weighted by atomic mass is 10.1. The topological polar surface area (TPSA) is 58.6 Å². The first kappa shape index (κ1) is 21.5. The molecular formula is C23H24ClNO3. The number of benzene rings is 3. The average Bonchev–Trinajstić information content (AvgIpc) is 2.68. The molecule has 3 aromatic carbocycles. The largest absolute Gasteiger partial charge is 0.489 e. The van der Waals surface area contributed by atoms with E-state index in [4.69, 9.17) is 9.84 Å². The van der Waals surface area contributed by atoms with Gasteiger partial charge in [0.2, 0.25) is 0 Å². The predicted octanol–water partition coefficient (Wildman–Crippen LogP) is 4.98. The SMILES string of the molecule is Cc1ccc(COc2cccc(CNCc3ccc(C(=O)O)cc3)c2)cc1.Cl. The Balaban J connectivity index is 0.00000280. The Morgan fingerprint density at radius 2 is 1.54 bits per heavy atom. The Hall–Kier alpha value is -2.82. The summed E-state index contributed by atoms with van der Waals surface area (Å²) in [5, 5.41) is 12.3. The number of hydrogen-bond acceptors (Lipinski definition) is 3. The molecule has 0 fully saturated rings. The molecular weight excluding hydrogens is 374 g/mol. The number of nitrogens with one attached hydrogen (secondary N) is 1. The second-order valence-electron chi connectivity index (χ2n) is 6.53. The number of carboxylic acid groups (broad SMARTS) is 1. The number of aryl methyl sites for hydroxylation is 1. The molecule has 0 heterocycles. The predicted molar refractivity (Wildman–Crippen MR) is 113 cm³/mol. The van der Waals surface area contributed by atoms with Gasteiger partial charge in [0.25, 0.3) is 0 Å². The highest BCUT2D eigenvalue weighted by atomic mass is 35.5. The lowest BCUT2D eigenvalue weighted by Gasteiger charge is -2.10. The van der Waals surface area contributed by atoms with Crippen LogP contribution in [0.15, 0.2) is 72.8 Å². The van der Waals surface area contributed by atoms with Gasteiger partial charge in [-0.05, 0) is 47.9 Å². The van der Waals surface area contributed by atoms with E-state index in [1.54, 1.807) is 12.1 Å². The van der Waals surface area contributed by atoms with Crippen molar-refractivity contribution in [2.45, 2.75) is 26.6 Å². The number of rotatable bonds is 8. The van der Waals surface area contributed by atoms with Crippen LogP contribution in [0.4, 0.5) is 0 Å². The van der Waals surface area contributed by atoms with Gasteiger partial charge in [-0.2, -0.15) is 0 Å². The number of ether oxygens (including phenoxy) is 1. The third kappa shape index (κ3) is 6.41. The standard InChI is InChI=1S/C23H23NO3.ClH/c1-17-5-7-19(8-6-17)16-27-22-4-2-3-20(13-22)15-24-14-18-9-11-21(12-10-18)23(25)26;/h2-13,24H,14-16H2,1H3,(H,25,26);1H. The lowest BCUT2D eigenvalue weighted by Crippen LogP contribution is -2.12. The van der Waals surface area contributed by atoms with Crippen molar-refractivity contribution in [2.24, 2.45) is 0 Å². The number of hydrogen-bond donors (Lipinski definition) is 2. The first-order valence-electron chi connectivity index (χ1n) is 8.90. The molecule has 28 heavy (non-hydrogen) atoms.